The van der Waals surface area contributed by atoms with E-state index in [4.69, 9.17) is 17.3 Å². The molecule has 3 aromatic rings. The van der Waals surface area contributed by atoms with Gasteiger partial charge in [0.2, 0.25) is 5.13 Å². The molecule has 0 bridgehead atoms. The SMILES string of the molecule is N#CC1=C(N)N(c2nnc(SCc3ccccc3Cl)s2)C2=C(C(=O)CCC2)[C@H]1c1ccccc1. The van der Waals surface area contributed by atoms with E-state index in [-0.39, 0.29) is 5.78 Å². The summed E-state index contributed by atoms with van der Waals surface area (Å²) in [7, 11) is 0. The third-order valence-corrected chi connectivity index (χ3v) is 8.40. The van der Waals surface area contributed by atoms with Crippen molar-refractivity contribution in [3.05, 3.63) is 93.4 Å². The van der Waals surface area contributed by atoms with Gasteiger partial charge in [-0.3, -0.25) is 9.69 Å². The van der Waals surface area contributed by atoms with Crippen LogP contribution in [0.25, 0.3) is 0 Å². The van der Waals surface area contributed by atoms with Gasteiger partial charge in [-0.15, -0.1) is 10.2 Å². The molecule has 0 radical (unpaired) electrons. The molecule has 9 heteroatoms. The molecule has 2 aromatic carbocycles. The molecule has 6 nitrogen and oxygen atoms in total. The predicted molar refractivity (Wildman–Crippen MR) is 135 cm³/mol. The van der Waals surface area contributed by atoms with E-state index in [1.807, 2.05) is 54.6 Å². The Morgan fingerprint density at radius 1 is 1.15 bits per heavy atom. The number of nitrogens with two attached hydrogens (primary N) is 1. The number of benzene rings is 2. The van der Waals surface area contributed by atoms with Crippen molar-refractivity contribution >= 4 is 45.6 Å². The molecule has 0 saturated carbocycles. The van der Waals surface area contributed by atoms with Crippen molar-refractivity contribution in [3.8, 4) is 6.07 Å². The van der Waals surface area contributed by atoms with E-state index in [0.717, 1.165) is 27.6 Å². The second kappa shape index (κ2) is 9.63. The first-order valence-electron chi connectivity index (χ1n) is 10.8. The molecule has 0 saturated heterocycles. The Bertz CT molecular complexity index is 1360. The van der Waals surface area contributed by atoms with Crippen LogP contribution >= 0.6 is 34.7 Å². The molecule has 34 heavy (non-hydrogen) atoms. The molecule has 2 aliphatic rings. The number of allylic oxidation sites excluding steroid dienone is 3. The average molecular weight is 506 g/mol. The number of ketones is 1. The number of thioether (sulfide) groups is 1. The fourth-order valence-electron chi connectivity index (χ4n) is 4.39. The second-order valence-electron chi connectivity index (χ2n) is 7.96. The van der Waals surface area contributed by atoms with Crippen LogP contribution in [0.2, 0.25) is 5.02 Å². The highest BCUT2D eigenvalue weighted by molar-refractivity contribution is 8.00. The Labute approximate surface area is 210 Å². The number of carbonyl (C=O) groups excluding carboxylic acids is 1. The van der Waals surface area contributed by atoms with E-state index in [1.165, 1.54) is 23.1 Å². The molecule has 1 aromatic heterocycles. The summed E-state index contributed by atoms with van der Waals surface area (Å²) in [5.74, 6) is 0.556. The van der Waals surface area contributed by atoms with Crippen LogP contribution in [0, 0.1) is 11.3 Å². The molecule has 0 unspecified atom stereocenters. The molecular weight excluding hydrogens is 486 g/mol. The van der Waals surface area contributed by atoms with Gasteiger partial charge in [-0.25, -0.2) is 0 Å². The first kappa shape index (κ1) is 22.7. The molecule has 1 aliphatic heterocycles. The molecule has 170 valence electrons. The summed E-state index contributed by atoms with van der Waals surface area (Å²) in [6, 6.07) is 19.6. The first-order valence-corrected chi connectivity index (χ1v) is 13.0. The zero-order valence-corrected chi connectivity index (χ0v) is 20.5. The van der Waals surface area contributed by atoms with Crippen molar-refractivity contribution in [2.24, 2.45) is 5.73 Å². The highest BCUT2D eigenvalue weighted by atomic mass is 35.5. The monoisotopic (exact) mass is 505 g/mol. The van der Waals surface area contributed by atoms with Gasteiger partial charge in [0.25, 0.3) is 0 Å². The Kier molecular flexibility index (Phi) is 6.42. The molecule has 0 fully saturated rings. The van der Waals surface area contributed by atoms with Gasteiger partial charge in [-0.1, -0.05) is 83.2 Å². The van der Waals surface area contributed by atoms with Crippen LogP contribution in [-0.2, 0) is 10.5 Å². The third-order valence-electron chi connectivity index (χ3n) is 5.94. The van der Waals surface area contributed by atoms with Crippen molar-refractivity contribution in [3.63, 3.8) is 0 Å². The van der Waals surface area contributed by atoms with Crippen LogP contribution in [0.3, 0.4) is 0 Å². The smallest absolute Gasteiger partial charge is 0.219 e. The molecule has 5 rings (SSSR count). The molecule has 2 N–H and O–H groups in total. The van der Waals surface area contributed by atoms with E-state index in [2.05, 4.69) is 16.3 Å². The van der Waals surface area contributed by atoms with Crippen molar-refractivity contribution in [1.82, 2.24) is 10.2 Å². The number of carbonyl (C=O) groups is 1. The van der Waals surface area contributed by atoms with E-state index >= 15 is 0 Å². The summed E-state index contributed by atoms with van der Waals surface area (Å²) < 4.78 is 0.760. The highest BCUT2D eigenvalue weighted by Crippen LogP contribution is 2.47. The largest absolute Gasteiger partial charge is 0.384 e. The number of hydrogen-bond acceptors (Lipinski definition) is 8. The average Bonchev–Trinajstić information content (AvgIpc) is 3.32. The number of rotatable bonds is 5. The summed E-state index contributed by atoms with van der Waals surface area (Å²) in [5, 5.41) is 20.1. The topological polar surface area (TPSA) is 95.9 Å². The quantitative estimate of drug-likeness (QED) is 0.438. The maximum atomic E-state index is 13.1. The zero-order valence-electron chi connectivity index (χ0n) is 18.1. The van der Waals surface area contributed by atoms with Crippen LogP contribution < -0.4 is 10.6 Å². The lowest BCUT2D eigenvalue weighted by atomic mass is 9.76. The van der Waals surface area contributed by atoms with E-state index in [9.17, 15) is 10.1 Å². The molecule has 0 amide bonds. The number of halogens is 1. The molecule has 2 heterocycles. The molecule has 1 aliphatic carbocycles. The van der Waals surface area contributed by atoms with Gasteiger partial charge in [0.05, 0.1) is 17.6 Å². The third kappa shape index (κ3) is 4.11. The number of nitriles is 1. The van der Waals surface area contributed by atoms with Crippen molar-refractivity contribution < 1.29 is 4.79 Å². The lowest BCUT2D eigenvalue weighted by Crippen LogP contribution is -2.38. The molecule has 1 atom stereocenters. The Morgan fingerprint density at radius 3 is 2.68 bits per heavy atom. The first-order chi connectivity index (χ1) is 16.6. The fourth-order valence-corrected chi connectivity index (χ4v) is 6.56. The van der Waals surface area contributed by atoms with Gasteiger partial charge >= 0.3 is 0 Å². The van der Waals surface area contributed by atoms with E-state index in [1.54, 1.807) is 4.90 Å². The van der Waals surface area contributed by atoms with Crippen LogP contribution in [0.4, 0.5) is 5.13 Å². The van der Waals surface area contributed by atoms with E-state index < -0.39 is 5.92 Å². The summed E-state index contributed by atoms with van der Waals surface area (Å²) in [4.78, 5) is 14.9. The lowest BCUT2D eigenvalue weighted by Gasteiger charge is -2.38. The maximum absolute atomic E-state index is 13.1. The summed E-state index contributed by atoms with van der Waals surface area (Å²) in [6.07, 6.45) is 1.88. The summed E-state index contributed by atoms with van der Waals surface area (Å²) in [6.45, 7) is 0. The van der Waals surface area contributed by atoms with Crippen LogP contribution in [0.1, 0.15) is 36.3 Å². The number of nitrogens with zero attached hydrogens (tertiary/aromatic N) is 4. The van der Waals surface area contributed by atoms with Gasteiger partial charge in [0.15, 0.2) is 10.1 Å². The zero-order chi connectivity index (χ0) is 23.7. The standard InChI is InChI=1S/C25H20ClN5OS2/c26-18-10-5-4-9-16(18)14-33-25-30-29-24(34-25)31-19-11-6-12-20(32)22(19)21(17(13-27)23(31)28)15-7-2-1-3-8-15/h1-5,7-10,21H,6,11-12,14,28H2/t21-/m0/s1. The van der Waals surface area contributed by atoms with Crippen molar-refractivity contribution in [1.29, 1.82) is 5.26 Å². The highest BCUT2D eigenvalue weighted by Gasteiger charge is 2.41. The minimum atomic E-state index is -0.466. The number of hydrogen-bond donors (Lipinski definition) is 1. The normalized spacial score (nSPS) is 18.2. The van der Waals surface area contributed by atoms with Crippen LogP contribution in [0.5, 0.6) is 0 Å². The van der Waals surface area contributed by atoms with Gasteiger partial charge in [-0.2, -0.15) is 5.26 Å². The summed E-state index contributed by atoms with van der Waals surface area (Å²) in [5.41, 5.74) is 10.3. The van der Waals surface area contributed by atoms with Crippen molar-refractivity contribution in [2.45, 2.75) is 35.3 Å². The second-order valence-corrected chi connectivity index (χ2v) is 10.5. The Hall–Kier alpha value is -3.12. The molecule has 0 spiro atoms. The van der Waals surface area contributed by atoms with E-state index in [0.29, 0.717) is 45.7 Å². The Balaban J connectivity index is 1.52. The predicted octanol–water partition coefficient (Wildman–Crippen LogP) is 5.79. The molecular formula is C25H20ClN5OS2. The van der Waals surface area contributed by atoms with Gasteiger partial charge in [0, 0.05) is 28.5 Å². The lowest BCUT2D eigenvalue weighted by molar-refractivity contribution is -0.116. The fraction of sp³-hybridized carbons (Fsp3) is 0.200. The number of anilines is 1. The van der Waals surface area contributed by atoms with Gasteiger partial charge in [0.1, 0.15) is 5.82 Å². The maximum Gasteiger partial charge on any atom is 0.219 e. The van der Waals surface area contributed by atoms with Gasteiger partial charge < -0.3 is 5.73 Å². The van der Waals surface area contributed by atoms with Crippen LogP contribution in [0.15, 0.2) is 81.6 Å². The number of Topliss-reactive ketones (excluding diaryl/α,β-unsaturated/α-hetero) is 1. The van der Waals surface area contributed by atoms with Crippen LogP contribution in [-0.4, -0.2) is 16.0 Å². The van der Waals surface area contributed by atoms with Crippen molar-refractivity contribution in [2.75, 3.05) is 4.90 Å². The van der Waals surface area contributed by atoms with Gasteiger partial charge in [-0.05, 0) is 30.0 Å². The number of aromatic nitrogens is 2. The summed E-state index contributed by atoms with van der Waals surface area (Å²) >= 11 is 9.20. The minimum absolute atomic E-state index is 0.0539. The Morgan fingerprint density at radius 2 is 1.91 bits per heavy atom. The minimum Gasteiger partial charge on any atom is -0.384 e.